The first-order valence-corrected chi connectivity index (χ1v) is 11.9. The van der Waals surface area contributed by atoms with Crippen LogP contribution in [-0.2, 0) is 0 Å². The second-order valence-electron chi connectivity index (χ2n) is 8.51. The molecule has 1 fully saturated rings. The molecule has 1 saturated heterocycles. The number of nitrogens with zero attached hydrogens (tertiary/aromatic N) is 3. The molecule has 2 aromatic carbocycles. The number of pyridine rings is 1. The van der Waals surface area contributed by atoms with Crippen LogP contribution < -0.4 is 10.2 Å². The number of aromatic hydroxyl groups is 1. The third-order valence-electron chi connectivity index (χ3n) is 6.61. The van der Waals surface area contributed by atoms with Crippen molar-refractivity contribution < 1.29 is 5.11 Å². The van der Waals surface area contributed by atoms with Gasteiger partial charge in [-0.15, -0.1) is 0 Å². The Morgan fingerprint density at radius 2 is 1.71 bits per heavy atom. The molecular formula is C27H25ClN4OS. The molecule has 0 aliphatic carbocycles. The number of benzene rings is 2. The van der Waals surface area contributed by atoms with Gasteiger partial charge in [0.25, 0.3) is 0 Å². The van der Waals surface area contributed by atoms with Gasteiger partial charge in [0.15, 0.2) is 5.11 Å². The van der Waals surface area contributed by atoms with Crippen molar-refractivity contribution in [2.45, 2.75) is 32.9 Å². The summed E-state index contributed by atoms with van der Waals surface area (Å²) in [5.74, 6) is 0.120. The highest BCUT2D eigenvalue weighted by Gasteiger charge is 2.44. The Morgan fingerprint density at radius 1 is 0.971 bits per heavy atom. The summed E-state index contributed by atoms with van der Waals surface area (Å²) < 4.78 is 2.28. The van der Waals surface area contributed by atoms with Gasteiger partial charge in [0.1, 0.15) is 5.75 Å². The molecule has 0 amide bonds. The fraction of sp³-hybridized carbons (Fsp3) is 0.185. The highest BCUT2D eigenvalue weighted by atomic mass is 35.5. The summed E-state index contributed by atoms with van der Waals surface area (Å²) in [7, 11) is 0. The number of aromatic nitrogens is 2. The summed E-state index contributed by atoms with van der Waals surface area (Å²) in [6.45, 7) is 6.41. The van der Waals surface area contributed by atoms with Gasteiger partial charge in [-0.3, -0.25) is 4.98 Å². The van der Waals surface area contributed by atoms with E-state index in [9.17, 15) is 5.11 Å². The maximum atomic E-state index is 10.8. The minimum absolute atomic E-state index is 0.120. The molecule has 2 atom stereocenters. The van der Waals surface area contributed by atoms with E-state index < -0.39 is 0 Å². The molecule has 1 aliphatic heterocycles. The number of halogens is 1. The summed E-state index contributed by atoms with van der Waals surface area (Å²) in [4.78, 5) is 6.61. The normalized spacial score (nSPS) is 17.8. The average molecular weight is 489 g/mol. The molecule has 2 N–H and O–H groups in total. The smallest absolute Gasteiger partial charge is 0.174 e. The first-order valence-electron chi connectivity index (χ1n) is 11.1. The number of nitrogens with one attached hydrogen (secondary N) is 1. The van der Waals surface area contributed by atoms with Crippen LogP contribution in [0.1, 0.15) is 40.3 Å². The molecule has 4 aromatic rings. The molecule has 0 radical (unpaired) electrons. The third kappa shape index (κ3) is 3.63. The Balaban J connectivity index is 1.76. The summed E-state index contributed by atoms with van der Waals surface area (Å²) in [6.07, 6.45) is 1.79. The van der Waals surface area contributed by atoms with Gasteiger partial charge in [0, 0.05) is 33.9 Å². The monoisotopic (exact) mass is 488 g/mol. The number of anilines is 1. The predicted octanol–water partition coefficient (Wildman–Crippen LogP) is 6.33. The Kier molecular flexibility index (Phi) is 5.80. The first kappa shape index (κ1) is 22.4. The average Bonchev–Trinajstić information content (AvgIpc) is 3.29. The molecule has 34 heavy (non-hydrogen) atoms. The van der Waals surface area contributed by atoms with E-state index in [0.29, 0.717) is 15.8 Å². The van der Waals surface area contributed by atoms with Gasteiger partial charge < -0.3 is 19.9 Å². The zero-order valence-corrected chi connectivity index (χ0v) is 20.7. The van der Waals surface area contributed by atoms with Gasteiger partial charge in [-0.2, -0.15) is 0 Å². The van der Waals surface area contributed by atoms with Crippen molar-refractivity contribution in [1.29, 1.82) is 0 Å². The predicted molar refractivity (Wildman–Crippen MR) is 141 cm³/mol. The van der Waals surface area contributed by atoms with Crippen LogP contribution in [0.3, 0.4) is 0 Å². The fourth-order valence-corrected chi connectivity index (χ4v) is 5.51. The summed E-state index contributed by atoms with van der Waals surface area (Å²) in [5.41, 5.74) is 7.14. The Labute approximate surface area is 209 Å². The number of para-hydroxylation sites is 1. The molecule has 0 spiro atoms. The second-order valence-corrected chi connectivity index (χ2v) is 9.33. The van der Waals surface area contributed by atoms with Gasteiger partial charge >= 0.3 is 0 Å². The molecule has 0 bridgehead atoms. The fourth-order valence-electron chi connectivity index (χ4n) is 5.00. The van der Waals surface area contributed by atoms with Crippen LogP contribution in [0.4, 0.5) is 5.69 Å². The molecule has 172 valence electrons. The van der Waals surface area contributed by atoms with Gasteiger partial charge in [0.05, 0.1) is 23.5 Å². The summed E-state index contributed by atoms with van der Waals surface area (Å²) in [6, 6.07) is 20.8. The molecular weight excluding hydrogens is 464 g/mol. The molecule has 2 aromatic heterocycles. The number of hydrogen-bond donors (Lipinski definition) is 2. The lowest BCUT2D eigenvalue weighted by atomic mass is 9.93. The molecule has 1 aliphatic rings. The van der Waals surface area contributed by atoms with E-state index in [1.54, 1.807) is 24.4 Å². The lowest BCUT2D eigenvalue weighted by Gasteiger charge is -2.29. The zero-order chi connectivity index (χ0) is 24.0. The summed E-state index contributed by atoms with van der Waals surface area (Å²) in [5, 5.41) is 15.3. The Bertz CT molecular complexity index is 1370. The van der Waals surface area contributed by atoms with Crippen LogP contribution >= 0.6 is 23.8 Å². The minimum Gasteiger partial charge on any atom is -0.506 e. The van der Waals surface area contributed by atoms with Crippen LogP contribution in [0.5, 0.6) is 5.75 Å². The van der Waals surface area contributed by atoms with Gasteiger partial charge in [0.2, 0.25) is 0 Å². The standard InChI is InChI=1S/C27H25ClN4OS/c1-16-17(2)31(20-9-5-4-6-10-20)18(3)24(16)26-25(21-11-7-8-14-29-21)30-27(34)32(26)22-15-19(28)12-13-23(22)33/h4-15,25-26,33H,1-3H3,(H,30,34)/t25-,26+/m0/s1. The van der Waals surface area contributed by atoms with E-state index >= 15 is 0 Å². The lowest BCUT2D eigenvalue weighted by Crippen LogP contribution is -2.30. The molecule has 0 unspecified atom stereocenters. The molecule has 5 nitrogen and oxygen atoms in total. The molecule has 3 heterocycles. The highest BCUT2D eigenvalue weighted by Crippen LogP contribution is 2.47. The van der Waals surface area contributed by atoms with Crippen LogP contribution in [-0.4, -0.2) is 19.8 Å². The zero-order valence-electron chi connectivity index (χ0n) is 19.2. The first-order chi connectivity index (χ1) is 16.4. The second kappa shape index (κ2) is 8.78. The van der Waals surface area contributed by atoms with E-state index in [1.807, 2.05) is 41.3 Å². The number of phenolic OH excluding ortho intramolecular Hbond substituents is 1. The van der Waals surface area contributed by atoms with Crippen molar-refractivity contribution in [3.8, 4) is 11.4 Å². The number of phenols is 1. The van der Waals surface area contributed by atoms with Gasteiger partial charge in [-0.05, 0) is 81.0 Å². The molecule has 7 heteroatoms. The number of hydrogen-bond acceptors (Lipinski definition) is 3. The Hall–Kier alpha value is -3.35. The summed E-state index contributed by atoms with van der Waals surface area (Å²) >= 11 is 12.2. The van der Waals surface area contributed by atoms with E-state index in [-0.39, 0.29) is 17.8 Å². The highest BCUT2D eigenvalue weighted by molar-refractivity contribution is 7.80. The Morgan fingerprint density at radius 3 is 2.41 bits per heavy atom. The minimum atomic E-state index is -0.240. The van der Waals surface area contributed by atoms with Gasteiger partial charge in [-0.1, -0.05) is 35.9 Å². The van der Waals surface area contributed by atoms with Crippen molar-refractivity contribution in [1.82, 2.24) is 14.9 Å². The van der Waals surface area contributed by atoms with Crippen molar-refractivity contribution in [3.05, 3.63) is 106 Å². The molecule has 0 saturated carbocycles. The number of thiocarbonyl (C=S) groups is 1. The van der Waals surface area contributed by atoms with E-state index in [1.165, 1.54) is 5.56 Å². The topological polar surface area (TPSA) is 53.3 Å². The third-order valence-corrected chi connectivity index (χ3v) is 7.16. The van der Waals surface area contributed by atoms with Crippen molar-refractivity contribution in [3.63, 3.8) is 0 Å². The van der Waals surface area contributed by atoms with E-state index in [2.05, 4.69) is 47.8 Å². The van der Waals surface area contributed by atoms with Crippen molar-refractivity contribution in [2.24, 2.45) is 0 Å². The maximum absolute atomic E-state index is 10.8. The molecule has 5 rings (SSSR count). The van der Waals surface area contributed by atoms with E-state index in [0.717, 1.165) is 28.3 Å². The maximum Gasteiger partial charge on any atom is 0.174 e. The largest absolute Gasteiger partial charge is 0.506 e. The van der Waals surface area contributed by atoms with E-state index in [4.69, 9.17) is 23.8 Å². The van der Waals surface area contributed by atoms with Crippen LogP contribution in [0.2, 0.25) is 5.02 Å². The van der Waals surface area contributed by atoms with Crippen molar-refractivity contribution in [2.75, 3.05) is 4.90 Å². The van der Waals surface area contributed by atoms with Crippen LogP contribution in [0.15, 0.2) is 72.9 Å². The quantitative estimate of drug-likeness (QED) is 0.328. The van der Waals surface area contributed by atoms with Crippen LogP contribution in [0, 0.1) is 20.8 Å². The lowest BCUT2D eigenvalue weighted by molar-refractivity contribution is 0.472. The van der Waals surface area contributed by atoms with Gasteiger partial charge in [-0.25, -0.2) is 0 Å². The SMILES string of the molecule is Cc1c([C@@H]2[C@H](c3ccccn3)NC(=S)N2c2cc(Cl)ccc2O)c(C)n(-c2ccccc2)c1C. The number of rotatable bonds is 4. The van der Waals surface area contributed by atoms with Crippen molar-refractivity contribution >= 4 is 34.6 Å². The van der Waals surface area contributed by atoms with Crippen LogP contribution in [0.25, 0.3) is 5.69 Å².